The van der Waals surface area contributed by atoms with Crippen LogP contribution in [0.1, 0.15) is 50.4 Å². The molecule has 0 unspecified atom stereocenters. The molecule has 0 saturated carbocycles. The Bertz CT molecular complexity index is 1010. The number of fused-ring (bicyclic) bond motifs is 1. The number of aromatic nitrogens is 3. The number of nitrogen functional groups attached to an aromatic ring is 1. The number of H-pyrrole nitrogens is 1. The molecule has 7 nitrogen and oxygen atoms in total. The fourth-order valence-electron chi connectivity index (χ4n) is 3.53. The molecule has 148 valence electrons. The number of hydrogen-bond acceptors (Lipinski definition) is 6. The van der Waals surface area contributed by atoms with Gasteiger partial charge in [-0.2, -0.15) is 0 Å². The standard InChI is InChI=1S/C21H28N6O/c1-11(2)6-16-18(12(3)4)19-20(24-10-25-21(19)27-16)26-15-7-13(9-22)14(23)8-17(15)28-5/h7-12,22H,6,23H2,1-5H3,(H2,24,25,26,27). The predicted octanol–water partition coefficient (Wildman–Crippen LogP) is 4.61. The molecule has 3 aromatic rings. The second-order valence-corrected chi connectivity index (χ2v) is 7.67. The first-order chi connectivity index (χ1) is 13.3. The van der Waals surface area contributed by atoms with Gasteiger partial charge < -0.3 is 26.2 Å². The van der Waals surface area contributed by atoms with E-state index >= 15 is 0 Å². The third kappa shape index (κ3) is 3.65. The average Bonchev–Trinajstić information content (AvgIpc) is 3.01. The van der Waals surface area contributed by atoms with Gasteiger partial charge in [0.25, 0.3) is 0 Å². The Labute approximate surface area is 165 Å². The summed E-state index contributed by atoms with van der Waals surface area (Å²) in [7, 11) is 1.59. The largest absolute Gasteiger partial charge is 0.494 e. The third-order valence-corrected chi connectivity index (χ3v) is 4.71. The summed E-state index contributed by atoms with van der Waals surface area (Å²) < 4.78 is 5.48. The molecule has 2 heterocycles. The molecule has 0 aliphatic rings. The van der Waals surface area contributed by atoms with Gasteiger partial charge in [-0.05, 0) is 29.9 Å². The van der Waals surface area contributed by atoms with Crippen molar-refractivity contribution >= 4 is 34.4 Å². The summed E-state index contributed by atoms with van der Waals surface area (Å²) in [6.45, 7) is 8.78. The number of nitrogens with zero attached hydrogens (tertiary/aromatic N) is 2. The van der Waals surface area contributed by atoms with E-state index in [2.05, 4.69) is 48.0 Å². The van der Waals surface area contributed by atoms with Crippen molar-refractivity contribution in [2.75, 3.05) is 18.2 Å². The number of methoxy groups -OCH3 is 1. The molecule has 28 heavy (non-hydrogen) atoms. The number of nitrogens with one attached hydrogen (secondary N) is 3. The normalized spacial score (nSPS) is 11.4. The lowest BCUT2D eigenvalue weighted by molar-refractivity contribution is 0.417. The van der Waals surface area contributed by atoms with Crippen LogP contribution < -0.4 is 15.8 Å². The third-order valence-electron chi connectivity index (χ3n) is 4.71. The molecule has 5 N–H and O–H groups in total. The van der Waals surface area contributed by atoms with Gasteiger partial charge in [0, 0.05) is 29.2 Å². The first-order valence-electron chi connectivity index (χ1n) is 9.46. The number of hydrogen-bond donors (Lipinski definition) is 4. The van der Waals surface area contributed by atoms with Crippen LogP contribution in [-0.4, -0.2) is 28.3 Å². The molecule has 2 aromatic heterocycles. The van der Waals surface area contributed by atoms with Crippen LogP contribution in [0.2, 0.25) is 0 Å². The van der Waals surface area contributed by atoms with E-state index in [1.807, 2.05) is 0 Å². The molecule has 0 bridgehead atoms. The molecule has 7 heteroatoms. The summed E-state index contributed by atoms with van der Waals surface area (Å²) in [5.41, 5.74) is 11.1. The quantitative estimate of drug-likeness (QED) is 0.353. The maximum atomic E-state index is 7.57. The van der Waals surface area contributed by atoms with Gasteiger partial charge >= 0.3 is 0 Å². The maximum absolute atomic E-state index is 7.57. The van der Waals surface area contributed by atoms with Crippen molar-refractivity contribution in [3.63, 3.8) is 0 Å². The first-order valence-corrected chi connectivity index (χ1v) is 9.46. The lowest BCUT2D eigenvalue weighted by Gasteiger charge is -2.15. The number of aromatic amines is 1. The molecule has 0 atom stereocenters. The zero-order valence-electron chi connectivity index (χ0n) is 17.1. The zero-order valence-corrected chi connectivity index (χ0v) is 17.1. The summed E-state index contributed by atoms with van der Waals surface area (Å²) in [6.07, 6.45) is 3.73. The molecule has 1 aromatic carbocycles. The second kappa shape index (κ2) is 7.88. The second-order valence-electron chi connectivity index (χ2n) is 7.67. The van der Waals surface area contributed by atoms with Crippen molar-refractivity contribution in [2.45, 2.75) is 40.0 Å². The Kier molecular flexibility index (Phi) is 5.53. The summed E-state index contributed by atoms with van der Waals surface area (Å²) in [6, 6.07) is 3.51. The smallest absolute Gasteiger partial charge is 0.144 e. The van der Waals surface area contributed by atoms with Crippen LogP contribution in [0.25, 0.3) is 11.0 Å². The zero-order chi connectivity index (χ0) is 20.4. The molecule has 0 radical (unpaired) electrons. The van der Waals surface area contributed by atoms with Crippen LogP contribution in [-0.2, 0) is 6.42 Å². The average molecular weight is 380 g/mol. The lowest BCUT2D eigenvalue weighted by atomic mass is 9.96. The summed E-state index contributed by atoms with van der Waals surface area (Å²) in [5, 5.41) is 11.9. The van der Waals surface area contributed by atoms with Crippen molar-refractivity contribution in [2.24, 2.45) is 5.92 Å². The molecule has 0 fully saturated rings. The van der Waals surface area contributed by atoms with Crippen LogP contribution in [0.4, 0.5) is 17.2 Å². The van der Waals surface area contributed by atoms with Gasteiger partial charge in [-0.1, -0.05) is 27.7 Å². The van der Waals surface area contributed by atoms with Crippen LogP contribution in [0.15, 0.2) is 18.5 Å². The number of ether oxygens (including phenoxy) is 1. The minimum Gasteiger partial charge on any atom is -0.494 e. The number of anilines is 3. The molecular weight excluding hydrogens is 352 g/mol. The van der Waals surface area contributed by atoms with E-state index in [1.54, 1.807) is 25.6 Å². The van der Waals surface area contributed by atoms with Gasteiger partial charge in [-0.25, -0.2) is 9.97 Å². The fraction of sp³-hybridized carbons (Fsp3) is 0.381. The molecule has 0 spiro atoms. The van der Waals surface area contributed by atoms with Crippen molar-refractivity contribution in [3.8, 4) is 5.75 Å². The minimum atomic E-state index is 0.319. The number of benzene rings is 1. The highest BCUT2D eigenvalue weighted by Crippen LogP contribution is 2.37. The van der Waals surface area contributed by atoms with Crippen LogP contribution in [0.3, 0.4) is 0 Å². The van der Waals surface area contributed by atoms with Crippen molar-refractivity contribution < 1.29 is 4.74 Å². The highest BCUT2D eigenvalue weighted by molar-refractivity contribution is 5.95. The van der Waals surface area contributed by atoms with E-state index in [0.29, 0.717) is 40.3 Å². The number of nitrogens with two attached hydrogens (primary N) is 1. The number of rotatable bonds is 7. The SMILES string of the molecule is COc1cc(N)c(C=N)cc1Nc1ncnc2[nH]c(CC(C)C)c(C(C)C)c12. The van der Waals surface area contributed by atoms with Gasteiger partial charge in [0.1, 0.15) is 23.5 Å². The molecule has 0 amide bonds. The van der Waals surface area contributed by atoms with Crippen LogP contribution in [0, 0.1) is 11.3 Å². The highest BCUT2D eigenvalue weighted by atomic mass is 16.5. The predicted molar refractivity (Wildman–Crippen MR) is 115 cm³/mol. The summed E-state index contributed by atoms with van der Waals surface area (Å²) in [5.74, 6) is 2.15. The van der Waals surface area contributed by atoms with Crippen LogP contribution >= 0.6 is 0 Å². The Hall–Kier alpha value is -3.09. The van der Waals surface area contributed by atoms with Crippen molar-refractivity contribution in [1.82, 2.24) is 15.0 Å². The van der Waals surface area contributed by atoms with E-state index in [1.165, 1.54) is 17.5 Å². The van der Waals surface area contributed by atoms with Crippen molar-refractivity contribution in [1.29, 1.82) is 5.41 Å². The van der Waals surface area contributed by atoms with Gasteiger partial charge in [0.2, 0.25) is 0 Å². The Balaban J connectivity index is 2.17. The van der Waals surface area contributed by atoms with E-state index < -0.39 is 0 Å². The molecule has 3 rings (SSSR count). The monoisotopic (exact) mass is 380 g/mol. The van der Waals surface area contributed by atoms with Gasteiger partial charge in [0.15, 0.2) is 0 Å². The Morgan fingerprint density at radius 1 is 1.25 bits per heavy atom. The minimum absolute atomic E-state index is 0.319. The maximum Gasteiger partial charge on any atom is 0.144 e. The van der Waals surface area contributed by atoms with Crippen molar-refractivity contribution in [3.05, 3.63) is 35.3 Å². The first kappa shape index (κ1) is 19.7. The molecular formula is C21H28N6O. The summed E-state index contributed by atoms with van der Waals surface area (Å²) in [4.78, 5) is 12.4. The Morgan fingerprint density at radius 3 is 2.61 bits per heavy atom. The van der Waals surface area contributed by atoms with Gasteiger partial charge in [0.05, 0.1) is 18.2 Å². The van der Waals surface area contributed by atoms with Crippen LogP contribution in [0.5, 0.6) is 5.75 Å². The lowest BCUT2D eigenvalue weighted by Crippen LogP contribution is -2.03. The molecule has 0 aliphatic carbocycles. The van der Waals surface area contributed by atoms with E-state index in [9.17, 15) is 0 Å². The summed E-state index contributed by atoms with van der Waals surface area (Å²) >= 11 is 0. The molecule has 0 aliphatic heterocycles. The van der Waals surface area contributed by atoms with Gasteiger partial charge in [-0.3, -0.25) is 0 Å². The fourth-order valence-corrected chi connectivity index (χ4v) is 3.53. The van der Waals surface area contributed by atoms with Gasteiger partial charge in [-0.15, -0.1) is 0 Å². The molecule has 0 saturated heterocycles. The Morgan fingerprint density at radius 2 is 2.00 bits per heavy atom. The van der Waals surface area contributed by atoms with E-state index in [0.717, 1.165) is 17.5 Å². The highest BCUT2D eigenvalue weighted by Gasteiger charge is 2.20. The topological polar surface area (TPSA) is 113 Å². The van der Waals surface area contributed by atoms with E-state index in [-0.39, 0.29) is 0 Å². The van der Waals surface area contributed by atoms with E-state index in [4.69, 9.17) is 15.9 Å².